The van der Waals surface area contributed by atoms with Gasteiger partial charge in [-0.25, -0.2) is 12.7 Å². The van der Waals surface area contributed by atoms with Crippen LogP contribution in [0.25, 0.3) is 0 Å². The zero-order chi connectivity index (χ0) is 13.8. The molecule has 0 aromatic heterocycles. The highest BCUT2D eigenvalue weighted by Gasteiger charge is 2.21. The van der Waals surface area contributed by atoms with E-state index in [9.17, 15) is 8.42 Å². The van der Waals surface area contributed by atoms with Crippen molar-refractivity contribution in [2.24, 2.45) is 0 Å². The third kappa shape index (κ3) is 3.71. The van der Waals surface area contributed by atoms with E-state index in [1.165, 1.54) is 4.31 Å². The number of benzene rings is 1. The topological polar surface area (TPSA) is 46.6 Å². The van der Waals surface area contributed by atoms with Crippen molar-refractivity contribution in [3.63, 3.8) is 0 Å². The van der Waals surface area contributed by atoms with Crippen LogP contribution in [-0.2, 0) is 10.0 Å². The molecule has 4 nitrogen and oxygen atoms in total. The van der Waals surface area contributed by atoms with Gasteiger partial charge in [0.2, 0.25) is 10.0 Å². The fourth-order valence-corrected chi connectivity index (χ4v) is 2.54. The first-order valence-corrected chi connectivity index (χ1v) is 7.49. The quantitative estimate of drug-likeness (QED) is 0.795. The number of sulfonamides is 1. The number of para-hydroxylation sites is 1. The molecule has 0 bridgehead atoms. The number of nitrogens with zero attached hydrogens (tertiary/aromatic N) is 1. The second-order valence-corrected chi connectivity index (χ2v) is 7.13. The van der Waals surface area contributed by atoms with Crippen LogP contribution in [0.3, 0.4) is 0 Å². The van der Waals surface area contributed by atoms with Crippen molar-refractivity contribution in [1.82, 2.24) is 4.31 Å². The van der Waals surface area contributed by atoms with Crippen molar-refractivity contribution in [2.45, 2.75) is 26.0 Å². The van der Waals surface area contributed by atoms with Gasteiger partial charge in [-0.05, 0) is 32.4 Å². The Kier molecular flexibility index (Phi) is 5.16. The summed E-state index contributed by atoms with van der Waals surface area (Å²) in [6.07, 6.45) is 0. The summed E-state index contributed by atoms with van der Waals surface area (Å²) in [5.41, 5.74) is 1.05. The van der Waals surface area contributed by atoms with E-state index in [1.807, 2.05) is 31.2 Å². The lowest BCUT2D eigenvalue weighted by Gasteiger charge is -2.20. The highest BCUT2D eigenvalue weighted by Crippen LogP contribution is 2.16. The maximum atomic E-state index is 11.8. The van der Waals surface area contributed by atoms with Crippen molar-refractivity contribution in [1.29, 1.82) is 0 Å². The zero-order valence-corrected chi connectivity index (χ0v) is 12.2. The molecule has 0 heterocycles. The highest BCUT2D eigenvalue weighted by atomic mass is 32.2. The van der Waals surface area contributed by atoms with Crippen molar-refractivity contribution < 1.29 is 13.2 Å². The molecular formula is C13H21NO3S. The molecule has 0 saturated carbocycles. The summed E-state index contributed by atoms with van der Waals surface area (Å²) in [4.78, 5) is 0. The third-order valence-electron chi connectivity index (χ3n) is 2.79. The summed E-state index contributed by atoms with van der Waals surface area (Å²) >= 11 is 0. The first-order valence-electron chi connectivity index (χ1n) is 5.99. The minimum Gasteiger partial charge on any atom is -0.492 e. The van der Waals surface area contributed by atoms with Crippen LogP contribution in [0.1, 0.15) is 19.4 Å². The summed E-state index contributed by atoms with van der Waals surface area (Å²) in [6, 6.07) is 7.69. The van der Waals surface area contributed by atoms with Gasteiger partial charge in [0.05, 0.1) is 5.25 Å². The number of hydrogen-bond acceptors (Lipinski definition) is 3. The van der Waals surface area contributed by atoms with E-state index in [4.69, 9.17) is 4.74 Å². The highest BCUT2D eigenvalue weighted by molar-refractivity contribution is 7.89. The van der Waals surface area contributed by atoms with Gasteiger partial charge in [0, 0.05) is 13.6 Å². The molecule has 0 fully saturated rings. The predicted octanol–water partition coefficient (Wildman–Crippen LogP) is 2.04. The van der Waals surface area contributed by atoms with Crippen LogP contribution in [0.2, 0.25) is 0 Å². The van der Waals surface area contributed by atoms with Crippen molar-refractivity contribution in [2.75, 3.05) is 20.2 Å². The van der Waals surface area contributed by atoms with Gasteiger partial charge in [-0.2, -0.15) is 0 Å². The van der Waals surface area contributed by atoms with E-state index in [0.29, 0.717) is 13.2 Å². The van der Waals surface area contributed by atoms with Crippen LogP contribution in [0.15, 0.2) is 24.3 Å². The van der Waals surface area contributed by atoms with Gasteiger partial charge in [0.1, 0.15) is 12.4 Å². The smallest absolute Gasteiger partial charge is 0.216 e. The van der Waals surface area contributed by atoms with Crippen molar-refractivity contribution in [3.8, 4) is 5.75 Å². The van der Waals surface area contributed by atoms with Crippen molar-refractivity contribution >= 4 is 10.0 Å². The lowest BCUT2D eigenvalue weighted by atomic mass is 10.2. The van der Waals surface area contributed by atoms with Crippen LogP contribution in [-0.4, -0.2) is 38.2 Å². The molecule has 0 atom stereocenters. The Labute approximate surface area is 110 Å². The molecule has 0 aliphatic heterocycles. The van der Waals surface area contributed by atoms with E-state index < -0.39 is 15.3 Å². The molecule has 1 aromatic rings. The number of aryl methyl sites for hydroxylation is 1. The summed E-state index contributed by atoms with van der Waals surface area (Å²) in [5, 5.41) is -0.402. The Balaban J connectivity index is 2.51. The van der Waals surface area contributed by atoms with E-state index >= 15 is 0 Å². The second-order valence-electron chi connectivity index (χ2n) is 4.53. The fourth-order valence-electron chi connectivity index (χ4n) is 1.49. The first kappa shape index (κ1) is 15.0. The minimum absolute atomic E-state index is 0.354. The normalized spacial score (nSPS) is 12.1. The molecule has 0 N–H and O–H groups in total. The molecule has 18 heavy (non-hydrogen) atoms. The van der Waals surface area contributed by atoms with Crippen LogP contribution in [0.4, 0.5) is 0 Å². The largest absolute Gasteiger partial charge is 0.492 e. The number of hydrogen-bond donors (Lipinski definition) is 0. The Bertz CT molecular complexity index is 483. The van der Waals surface area contributed by atoms with Gasteiger partial charge < -0.3 is 4.74 Å². The fraction of sp³-hybridized carbons (Fsp3) is 0.538. The van der Waals surface area contributed by atoms with Crippen molar-refractivity contribution in [3.05, 3.63) is 29.8 Å². The van der Waals surface area contributed by atoms with Gasteiger partial charge >= 0.3 is 0 Å². The maximum Gasteiger partial charge on any atom is 0.216 e. The predicted molar refractivity (Wildman–Crippen MR) is 73.4 cm³/mol. The maximum absolute atomic E-state index is 11.8. The molecule has 0 amide bonds. The molecule has 1 aromatic carbocycles. The standard InChI is InChI=1S/C13H21NO3S/c1-11(2)18(15,16)14(4)9-10-17-13-8-6-5-7-12(13)3/h5-8,11H,9-10H2,1-4H3. The minimum atomic E-state index is -3.19. The van der Waals surface area contributed by atoms with Crippen LogP contribution >= 0.6 is 0 Å². The van der Waals surface area contributed by atoms with E-state index in [-0.39, 0.29) is 0 Å². The van der Waals surface area contributed by atoms with Crippen LogP contribution < -0.4 is 4.74 Å². The zero-order valence-electron chi connectivity index (χ0n) is 11.4. The van der Waals surface area contributed by atoms with Gasteiger partial charge in [-0.3, -0.25) is 0 Å². The summed E-state index contributed by atoms with van der Waals surface area (Å²) in [5.74, 6) is 0.799. The number of rotatable bonds is 6. The Morgan fingerprint density at radius 2 is 1.89 bits per heavy atom. The SMILES string of the molecule is Cc1ccccc1OCCN(C)S(=O)(=O)C(C)C. The Morgan fingerprint density at radius 3 is 2.44 bits per heavy atom. The molecule has 102 valence electrons. The van der Waals surface area contributed by atoms with Crippen LogP contribution in [0, 0.1) is 6.92 Å². The molecule has 0 aliphatic rings. The first-order chi connectivity index (χ1) is 8.35. The van der Waals surface area contributed by atoms with E-state index in [1.54, 1.807) is 20.9 Å². The lowest BCUT2D eigenvalue weighted by molar-refractivity contribution is 0.284. The average molecular weight is 271 g/mol. The van der Waals surface area contributed by atoms with Crippen LogP contribution in [0.5, 0.6) is 5.75 Å². The van der Waals surface area contributed by atoms with Gasteiger partial charge in [-0.1, -0.05) is 18.2 Å². The average Bonchev–Trinajstić information content (AvgIpc) is 2.31. The lowest BCUT2D eigenvalue weighted by Crippen LogP contribution is -2.35. The van der Waals surface area contributed by atoms with Gasteiger partial charge in [-0.15, -0.1) is 0 Å². The molecule has 0 radical (unpaired) electrons. The summed E-state index contributed by atoms with van der Waals surface area (Å²) < 4.78 is 30.5. The molecule has 0 aliphatic carbocycles. The van der Waals surface area contributed by atoms with E-state index in [0.717, 1.165) is 11.3 Å². The van der Waals surface area contributed by atoms with Gasteiger partial charge in [0.15, 0.2) is 0 Å². The molecule has 0 unspecified atom stereocenters. The molecule has 0 saturated heterocycles. The molecule has 1 rings (SSSR count). The summed E-state index contributed by atoms with van der Waals surface area (Å²) in [7, 11) is -1.61. The monoisotopic (exact) mass is 271 g/mol. The number of ether oxygens (including phenoxy) is 1. The number of likely N-dealkylation sites (N-methyl/N-ethyl adjacent to an activating group) is 1. The van der Waals surface area contributed by atoms with Gasteiger partial charge in [0.25, 0.3) is 0 Å². The summed E-state index contributed by atoms with van der Waals surface area (Å²) in [6.45, 7) is 6.02. The molecule has 0 spiro atoms. The Morgan fingerprint density at radius 1 is 1.28 bits per heavy atom. The molecular weight excluding hydrogens is 250 g/mol. The second kappa shape index (κ2) is 6.20. The van der Waals surface area contributed by atoms with E-state index in [2.05, 4.69) is 0 Å². The Hall–Kier alpha value is -1.07. The third-order valence-corrected chi connectivity index (χ3v) is 5.03. The molecule has 5 heteroatoms.